The van der Waals surface area contributed by atoms with Crippen LogP contribution in [0.1, 0.15) is 42.1 Å². The van der Waals surface area contributed by atoms with Crippen LogP contribution >= 0.6 is 0 Å². The zero-order valence-electron chi connectivity index (χ0n) is 11.7. The molecule has 1 aromatic rings. The number of rotatable bonds is 6. The summed E-state index contributed by atoms with van der Waals surface area (Å²) in [5, 5.41) is 11.0. The van der Waals surface area contributed by atoms with Gasteiger partial charge in [0.15, 0.2) is 0 Å². The number of carbonyl (C=O) groups is 2. The molecular weight excluding hydrogens is 306 g/mol. The van der Waals surface area contributed by atoms with E-state index in [4.69, 9.17) is 5.11 Å². The number of amides is 1. The fraction of sp³-hybridized carbons (Fsp3) is 0.429. The van der Waals surface area contributed by atoms with Crippen LogP contribution in [0.5, 0.6) is 0 Å². The normalized spacial score (nSPS) is 12.8. The van der Waals surface area contributed by atoms with E-state index in [1.165, 1.54) is 0 Å². The molecule has 1 rings (SSSR count). The van der Waals surface area contributed by atoms with Crippen LogP contribution < -0.4 is 5.32 Å². The Balaban J connectivity index is 3.04. The first-order valence-corrected chi connectivity index (χ1v) is 6.57. The molecule has 0 radical (unpaired) electrons. The van der Waals surface area contributed by atoms with Crippen LogP contribution in [-0.4, -0.2) is 23.0 Å². The molecule has 1 aromatic carbocycles. The molecule has 0 fully saturated rings. The van der Waals surface area contributed by atoms with Crippen LogP contribution in [0.15, 0.2) is 18.2 Å². The number of alkyl halides is 3. The molecule has 0 saturated heterocycles. The molecule has 0 aliphatic rings. The second kappa shape index (κ2) is 7.24. The summed E-state index contributed by atoms with van der Waals surface area (Å²) in [6, 6.07) is 0.313. The van der Waals surface area contributed by atoms with Gasteiger partial charge in [-0.1, -0.05) is 19.8 Å². The van der Waals surface area contributed by atoms with E-state index in [1.807, 2.05) is 12.2 Å². The van der Waals surface area contributed by atoms with Crippen molar-refractivity contribution in [2.45, 2.75) is 38.4 Å². The molecule has 1 amide bonds. The van der Waals surface area contributed by atoms with E-state index in [9.17, 15) is 27.2 Å². The summed E-state index contributed by atoms with van der Waals surface area (Å²) >= 11 is 0. The van der Waals surface area contributed by atoms with Gasteiger partial charge < -0.3 is 10.4 Å². The highest BCUT2D eigenvalue weighted by molar-refractivity contribution is 5.98. The second-order valence-corrected chi connectivity index (χ2v) is 4.69. The summed E-state index contributed by atoms with van der Waals surface area (Å²) in [4.78, 5) is 22.9. The summed E-state index contributed by atoms with van der Waals surface area (Å²) < 4.78 is 51.4. The molecule has 122 valence electrons. The number of carbonyl (C=O) groups excluding carboxylic acids is 1. The monoisotopic (exact) mass is 321 g/mol. The summed E-state index contributed by atoms with van der Waals surface area (Å²) in [6.45, 7) is 1.81. The Morgan fingerprint density at radius 1 is 1.32 bits per heavy atom. The lowest BCUT2D eigenvalue weighted by molar-refractivity contribution is -0.139. The zero-order valence-corrected chi connectivity index (χ0v) is 11.7. The largest absolute Gasteiger partial charge is 0.480 e. The van der Waals surface area contributed by atoms with Gasteiger partial charge in [0.2, 0.25) is 0 Å². The number of aliphatic carboxylic acids is 1. The fourth-order valence-electron chi connectivity index (χ4n) is 1.85. The van der Waals surface area contributed by atoms with Crippen molar-refractivity contribution in [3.05, 3.63) is 35.1 Å². The summed E-state index contributed by atoms with van der Waals surface area (Å²) in [5.74, 6) is -3.67. The summed E-state index contributed by atoms with van der Waals surface area (Å²) in [5.41, 5.74) is -2.25. The van der Waals surface area contributed by atoms with E-state index in [1.54, 1.807) is 0 Å². The molecule has 22 heavy (non-hydrogen) atoms. The van der Waals surface area contributed by atoms with E-state index < -0.39 is 41.0 Å². The van der Waals surface area contributed by atoms with Crippen LogP contribution in [0.25, 0.3) is 0 Å². The molecule has 0 aromatic heterocycles. The maximum atomic E-state index is 13.0. The molecule has 8 heteroatoms. The highest BCUT2D eigenvalue weighted by atomic mass is 19.4. The molecule has 1 atom stereocenters. The molecule has 0 aliphatic heterocycles. The maximum absolute atomic E-state index is 13.0. The van der Waals surface area contributed by atoms with Crippen molar-refractivity contribution in [1.82, 2.24) is 5.32 Å². The van der Waals surface area contributed by atoms with Crippen molar-refractivity contribution in [2.75, 3.05) is 0 Å². The topological polar surface area (TPSA) is 66.4 Å². The van der Waals surface area contributed by atoms with Gasteiger partial charge in [-0.25, -0.2) is 9.18 Å². The van der Waals surface area contributed by atoms with Crippen molar-refractivity contribution < 1.29 is 32.3 Å². The third-order valence-electron chi connectivity index (χ3n) is 2.98. The number of benzene rings is 1. The van der Waals surface area contributed by atoms with Gasteiger partial charge in [-0.2, -0.15) is 13.2 Å². The van der Waals surface area contributed by atoms with Gasteiger partial charge in [0.1, 0.15) is 11.9 Å². The molecule has 0 spiro atoms. The maximum Gasteiger partial charge on any atom is 0.417 e. The van der Waals surface area contributed by atoms with Crippen LogP contribution in [0.2, 0.25) is 0 Å². The van der Waals surface area contributed by atoms with E-state index in [0.29, 0.717) is 25.0 Å². The molecule has 2 N–H and O–H groups in total. The number of nitrogens with one attached hydrogen (secondary N) is 1. The summed E-state index contributed by atoms with van der Waals surface area (Å²) in [7, 11) is 0. The minimum Gasteiger partial charge on any atom is -0.480 e. The minimum atomic E-state index is -4.92. The first kappa shape index (κ1) is 17.9. The van der Waals surface area contributed by atoms with Gasteiger partial charge in [0, 0.05) is 0 Å². The number of unbranched alkanes of at least 4 members (excludes halogenated alkanes) is 1. The lowest BCUT2D eigenvalue weighted by Crippen LogP contribution is -2.41. The van der Waals surface area contributed by atoms with Gasteiger partial charge >= 0.3 is 12.1 Å². The highest BCUT2D eigenvalue weighted by Gasteiger charge is 2.36. The lowest BCUT2D eigenvalue weighted by Gasteiger charge is -2.17. The van der Waals surface area contributed by atoms with Crippen molar-refractivity contribution in [3.63, 3.8) is 0 Å². The lowest BCUT2D eigenvalue weighted by atomic mass is 10.0. The number of carboxylic acid groups (broad SMARTS) is 1. The van der Waals surface area contributed by atoms with Crippen LogP contribution in [0.3, 0.4) is 0 Å². The Kier molecular flexibility index (Phi) is 5.90. The molecular formula is C14H15F4NO3. The zero-order chi connectivity index (χ0) is 16.9. The third kappa shape index (κ3) is 4.71. The molecule has 0 bridgehead atoms. The Morgan fingerprint density at radius 2 is 1.95 bits per heavy atom. The minimum absolute atomic E-state index is 0.0973. The number of halogens is 4. The quantitative estimate of drug-likeness (QED) is 0.791. The van der Waals surface area contributed by atoms with Gasteiger partial charge in [-0.3, -0.25) is 4.79 Å². The van der Waals surface area contributed by atoms with Gasteiger partial charge in [-0.15, -0.1) is 0 Å². The van der Waals surface area contributed by atoms with Crippen molar-refractivity contribution in [3.8, 4) is 0 Å². The predicted octanol–water partition coefficient (Wildman–Crippen LogP) is 3.22. The Labute approximate surface area is 124 Å². The Morgan fingerprint density at radius 3 is 2.45 bits per heavy atom. The molecule has 0 aliphatic carbocycles. The van der Waals surface area contributed by atoms with Crippen molar-refractivity contribution >= 4 is 11.9 Å². The standard InChI is InChI=1S/C14H15F4NO3/c1-2-3-4-11(13(21)22)19-12(20)9-6-5-8(15)7-10(9)14(16,17)18/h5-7,11H,2-4H2,1H3,(H,19,20)(H,21,22)/t11-/m0/s1. The average Bonchev–Trinajstić information content (AvgIpc) is 2.41. The van der Waals surface area contributed by atoms with Gasteiger partial charge in [0.25, 0.3) is 5.91 Å². The SMILES string of the molecule is CCCC[C@H](NC(=O)c1ccc(F)cc1C(F)(F)F)C(=O)O. The number of carboxylic acids is 1. The number of hydrogen-bond donors (Lipinski definition) is 2. The molecule has 0 saturated carbocycles. The summed E-state index contributed by atoms with van der Waals surface area (Å²) in [6.07, 6.45) is -3.66. The van der Waals surface area contributed by atoms with Crippen molar-refractivity contribution in [1.29, 1.82) is 0 Å². The highest BCUT2D eigenvalue weighted by Crippen LogP contribution is 2.32. The van der Waals surface area contributed by atoms with E-state index >= 15 is 0 Å². The van der Waals surface area contributed by atoms with Gasteiger partial charge in [0.05, 0.1) is 11.1 Å². The average molecular weight is 321 g/mol. The van der Waals surface area contributed by atoms with Crippen LogP contribution in [0, 0.1) is 5.82 Å². The number of hydrogen-bond acceptors (Lipinski definition) is 2. The molecule has 4 nitrogen and oxygen atoms in total. The van der Waals surface area contributed by atoms with Crippen molar-refractivity contribution in [2.24, 2.45) is 0 Å². The van der Waals surface area contributed by atoms with Crippen LogP contribution in [0.4, 0.5) is 17.6 Å². The van der Waals surface area contributed by atoms with Gasteiger partial charge in [-0.05, 0) is 24.6 Å². The third-order valence-corrected chi connectivity index (χ3v) is 2.98. The van der Waals surface area contributed by atoms with E-state index in [2.05, 4.69) is 0 Å². The Hall–Kier alpha value is -2.12. The fourth-order valence-corrected chi connectivity index (χ4v) is 1.85. The predicted molar refractivity (Wildman–Crippen MR) is 69.8 cm³/mol. The first-order valence-electron chi connectivity index (χ1n) is 6.57. The first-order chi connectivity index (χ1) is 10.2. The van der Waals surface area contributed by atoms with E-state index in [0.717, 1.165) is 0 Å². The molecule has 0 heterocycles. The molecule has 0 unspecified atom stereocenters. The second-order valence-electron chi connectivity index (χ2n) is 4.69. The van der Waals surface area contributed by atoms with Crippen LogP contribution in [-0.2, 0) is 11.0 Å². The Bertz CT molecular complexity index is 558. The van der Waals surface area contributed by atoms with E-state index in [-0.39, 0.29) is 12.5 Å². The smallest absolute Gasteiger partial charge is 0.417 e.